The van der Waals surface area contributed by atoms with E-state index in [1.807, 2.05) is 45.9 Å². The number of hydrogen-bond donors (Lipinski definition) is 1. The summed E-state index contributed by atoms with van der Waals surface area (Å²) < 4.78 is 10.4. The van der Waals surface area contributed by atoms with Crippen molar-refractivity contribution < 1.29 is 29.0 Å². The van der Waals surface area contributed by atoms with Gasteiger partial charge in [0.15, 0.2) is 11.9 Å². The molecule has 8 bridgehead atoms. The Hall–Kier alpha value is -4.32. The minimum atomic E-state index is -1.48. The number of aromatic nitrogens is 3. The molecule has 0 radical (unpaired) electrons. The fourth-order valence-electron chi connectivity index (χ4n) is 7.24. The van der Waals surface area contributed by atoms with Gasteiger partial charge in [-0.2, -0.15) is 11.4 Å². The summed E-state index contributed by atoms with van der Waals surface area (Å²) in [6.45, 7) is 15.7. The average Bonchev–Trinajstić information content (AvgIpc) is 3.82. The number of carbonyl (C=O) groups excluding carboxylic acids is 3. The maximum absolute atomic E-state index is 14.1. The van der Waals surface area contributed by atoms with E-state index in [0.29, 0.717) is 45.2 Å². The number of fused-ring (bicyclic) bond motifs is 7. The number of methoxy groups -OCH3 is 1. The van der Waals surface area contributed by atoms with Crippen LogP contribution in [-0.2, 0) is 25.5 Å². The Morgan fingerprint density at radius 2 is 1.72 bits per heavy atom. The van der Waals surface area contributed by atoms with Gasteiger partial charge in [0.1, 0.15) is 12.5 Å². The van der Waals surface area contributed by atoms with Crippen LogP contribution in [0.25, 0.3) is 35.2 Å². The van der Waals surface area contributed by atoms with Crippen LogP contribution in [-0.4, -0.2) is 65.7 Å². The van der Waals surface area contributed by atoms with Crippen molar-refractivity contribution in [2.24, 2.45) is 17.8 Å². The van der Waals surface area contributed by atoms with Crippen LogP contribution in [0.15, 0.2) is 30.1 Å². The molecule has 0 aromatic carbocycles. The number of nitrogens with zero attached hydrogens (tertiary/aromatic N) is 4. The van der Waals surface area contributed by atoms with E-state index in [-0.39, 0.29) is 42.0 Å². The second-order valence-corrected chi connectivity index (χ2v) is 12.7. The van der Waals surface area contributed by atoms with Crippen LogP contribution in [0.2, 0.25) is 0 Å². The molecule has 256 valence electrons. The van der Waals surface area contributed by atoms with Crippen molar-refractivity contribution in [1.82, 2.24) is 15.0 Å². The predicted molar refractivity (Wildman–Crippen MR) is 192 cm³/mol. The summed E-state index contributed by atoms with van der Waals surface area (Å²) in [6.07, 6.45) is 10.1. The van der Waals surface area contributed by atoms with Gasteiger partial charge in [-0.05, 0) is 57.9 Å². The molecule has 10 nitrogen and oxygen atoms in total. The number of hydrogen-bond acceptors (Lipinski definition) is 6. The Kier molecular flexibility index (Phi) is 10.7. The molecule has 1 fully saturated rings. The van der Waals surface area contributed by atoms with Gasteiger partial charge in [-0.15, -0.1) is 33.5 Å². The minimum Gasteiger partial charge on any atom is -0.664 e. The molecular formula is C39H40MgN4O6-2. The van der Waals surface area contributed by atoms with E-state index >= 15 is 0 Å². The third-order valence-electron chi connectivity index (χ3n) is 10.1. The van der Waals surface area contributed by atoms with E-state index in [1.165, 1.54) is 7.11 Å². The largest absolute Gasteiger partial charge is 2.00 e. The van der Waals surface area contributed by atoms with Crippen LogP contribution in [0.4, 0.5) is 0 Å². The van der Waals surface area contributed by atoms with Crippen molar-refractivity contribution in [3.63, 3.8) is 0 Å². The summed E-state index contributed by atoms with van der Waals surface area (Å²) in [4.78, 5) is 55.3. The topological polar surface area (TPSA) is 146 Å². The Labute approximate surface area is 307 Å². The fourth-order valence-corrected chi connectivity index (χ4v) is 7.24. The molecule has 50 heavy (non-hydrogen) atoms. The SMILES string of the molecule is C=Cc1c2[n-]c(c1C)/C=C1\[N-]/C(=C3\c4[n-]c(c(C)c4C(=O)[C@@H]3C(=O)OC)/C=c3\[n-]/c(c(C)c3CC)=C\2)[C@@H](C[C@H](O)C(=O)OC/C=C/C)[C@@H]1C.[Mg+2]. The second kappa shape index (κ2) is 14.5. The van der Waals surface area contributed by atoms with E-state index in [0.717, 1.165) is 45.1 Å². The Morgan fingerprint density at radius 1 is 1.02 bits per heavy atom. The number of aliphatic hydroxyl groups excluding tert-OH is 1. The van der Waals surface area contributed by atoms with E-state index in [4.69, 9.17) is 29.7 Å². The van der Waals surface area contributed by atoms with Crippen molar-refractivity contribution in [3.8, 4) is 0 Å². The van der Waals surface area contributed by atoms with Crippen LogP contribution >= 0.6 is 0 Å². The number of carbonyl (C=O) groups is 3. The summed E-state index contributed by atoms with van der Waals surface area (Å²) in [6, 6.07) is 0. The molecule has 3 aliphatic rings. The van der Waals surface area contributed by atoms with Gasteiger partial charge >= 0.3 is 35.0 Å². The zero-order valence-electron chi connectivity index (χ0n) is 29.6. The van der Waals surface area contributed by atoms with Gasteiger partial charge in [-0.25, -0.2) is 4.79 Å². The molecule has 3 aromatic heterocycles. The van der Waals surface area contributed by atoms with Gasteiger partial charge in [-0.3, -0.25) is 9.59 Å². The Morgan fingerprint density at radius 3 is 2.38 bits per heavy atom. The standard InChI is InChI=1S/C39H41N4O6.Mg/c1-9-12-13-49-38(46)31(44)14-24-20(6)27-15-25-18(4)22(10-2)29(40-25)16-26-19(5)23(11-3)30(41-26)17-28-21(7)32-36(43-28)33(35(24)42-27)34(37(32)45)39(47)48-8;/h9-10,12,15-17,20,24,31,34,44H,2,11,13-14H2,1,3-8H3,(H-,42,43,45);/q-3;+2/p-1/b12-9+,26-16-,27-15-,30-17-;/t20-,24-,31-,34+;/m0./s1. The number of ketones is 1. The zero-order valence-corrected chi connectivity index (χ0v) is 31.0. The summed E-state index contributed by atoms with van der Waals surface area (Å²) in [5.41, 5.74) is 8.49. The van der Waals surface area contributed by atoms with Gasteiger partial charge in [0, 0.05) is 5.56 Å². The van der Waals surface area contributed by atoms with E-state index < -0.39 is 35.7 Å². The first-order valence-corrected chi connectivity index (χ1v) is 16.5. The molecule has 5 heterocycles. The van der Waals surface area contributed by atoms with Crippen molar-refractivity contribution in [2.45, 2.75) is 60.5 Å². The van der Waals surface area contributed by atoms with Gasteiger partial charge in [0.25, 0.3) is 0 Å². The molecule has 0 spiro atoms. The first-order chi connectivity index (χ1) is 23.4. The number of Topliss-reactive ketones (excluding diaryl/α,β-unsaturated/α-hetero) is 1. The number of esters is 2. The first-order valence-electron chi connectivity index (χ1n) is 16.5. The smallest absolute Gasteiger partial charge is 0.664 e. The van der Waals surface area contributed by atoms with Crippen LogP contribution < -0.4 is 25.7 Å². The van der Waals surface area contributed by atoms with Crippen molar-refractivity contribution in [1.29, 1.82) is 0 Å². The summed E-state index contributed by atoms with van der Waals surface area (Å²) in [5, 5.41) is 17.7. The van der Waals surface area contributed by atoms with E-state index in [1.54, 1.807) is 25.2 Å². The van der Waals surface area contributed by atoms with Gasteiger partial charge < -0.3 is 34.8 Å². The monoisotopic (exact) mass is 684 g/mol. The maximum atomic E-state index is 14.1. The molecule has 6 rings (SSSR count). The summed E-state index contributed by atoms with van der Waals surface area (Å²) in [5.74, 6) is -4.16. The van der Waals surface area contributed by atoms with E-state index in [2.05, 4.69) is 13.5 Å². The van der Waals surface area contributed by atoms with Crippen LogP contribution in [0, 0.1) is 38.5 Å². The molecule has 11 heteroatoms. The molecule has 4 atom stereocenters. The molecule has 1 aliphatic carbocycles. The van der Waals surface area contributed by atoms with E-state index in [9.17, 15) is 19.5 Å². The third kappa shape index (κ3) is 6.05. The Bertz CT molecular complexity index is 2120. The maximum Gasteiger partial charge on any atom is 2.00 e. The summed E-state index contributed by atoms with van der Waals surface area (Å²) in [7, 11) is 1.24. The molecular weight excluding hydrogens is 645 g/mol. The number of rotatable bonds is 8. The van der Waals surface area contributed by atoms with Gasteiger partial charge in [0.05, 0.1) is 7.11 Å². The molecule has 0 amide bonds. The molecule has 3 aromatic rings. The number of ether oxygens (including phenoxy) is 2. The predicted octanol–water partition coefficient (Wildman–Crippen LogP) is 3.53. The Balaban J connectivity index is 0.00000486. The average molecular weight is 685 g/mol. The third-order valence-corrected chi connectivity index (χ3v) is 10.1. The first kappa shape index (κ1) is 36.9. The number of aliphatic hydroxyl groups is 1. The molecule has 1 N–H and O–H groups in total. The van der Waals surface area contributed by atoms with Gasteiger partial charge in [0.2, 0.25) is 0 Å². The quantitative estimate of drug-likeness (QED) is 0.163. The van der Waals surface area contributed by atoms with Crippen molar-refractivity contribution >= 4 is 70.7 Å². The fraction of sp³-hybridized carbons (Fsp3) is 0.359. The number of allylic oxidation sites excluding steroid dienone is 3. The molecule has 2 aliphatic heterocycles. The molecule has 0 unspecified atom stereocenters. The molecule has 1 saturated heterocycles. The van der Waals surface area contributed by atoms with Crippen LogP contribution in [0.3, 0.4) is 0 Å². The minimum absolute atomic E-state index is 0. The van der Waals surface area contributed by atoms with Crippen molar-refractivity contribution in [3.05, 3.63) is 102 Å². The van der Waals surface area contributed by atoms with Crippen LogP contribution in [0.1, 0.15) is 88.1 Å². The zero-order chi connectivity index (χ0) is 35.3. The van der Waals surface area contributed by atoms with Crippen molar-refractivity contribution in [2.75, 3.05) is 13.7 Å². The normalized spacial score (nSPS) is 23.6. The van der Waals surface area contributed by atoms with Crippen LogP contribution in [0.5, 0.6) is 0 Å². The summed E-state index contributed by atoms with van der Waals surface area (Å²) >= 11 is 0. The molecule has 0 saturated carbocycles. The second-order valence-electron chi connectivity index (χ2n) is 12.7. The van der Waals surface area contributed by atoms with Gasteiger partial charge in [-0.1, -0.05) is 84.7 Å².